The van der Waals surface area contributed by atoms with Crippen LogP contribution in [0.25, 0.3) is 0 Å². The van der Waals surface area contributed by atoms with E-state index < -0.39 is 11.7 Å². The Kier molecular flexibility index (Phi) is 3.61. The molecule has 2 rings (SSSR count). The Morgan fingerprint density at radius 3 is 2.30 bits per heavy atom. The third-order valence-electron chi connectivity index (χ3n) is 3.13. The average Bonchev–Trinajstić information content (AvgIpc) is 2.34. The highest BCUT2D eigenvalue weighted by molar-refractivity contribution is 5.77. The summed E-state index contributed by atoms with van der Waals surface area (Å²) >= 11 is 0. The van der Waals surface area contributed by atoms with E-state index in [1.165, 1.54) is 6.07 Å². The monoisotopic (exact) mass is 280 g/mol. The zero-order valence-electron chi connectivity index (χ0n) is 11.2. The van der Waals surface area contributed by atoms with Gasteiger partial charge in [0.2, 0.25) is 0 Å². The van der Waals surface area contributed by atoms with E-state index >= 15 is 0 Å². The van der Waals surface area contributed by atoms with Crippen LogP contribution in [0.3, 0.4) is 0 Å². The van der Waals surface area contributed by atoms with E-state index in [1.807, 2.05) is 13.0 Å². The third-order valence-corrected chi connectivity index (χ3v) is 3.13. The SMILES string of the molecule is Cc1ccc(C(F)(F)F)cc1Nc1c(C)cccc1N. The Morgan fingerprint density at radius 1 is 1.00 bits per heavy atom. The molecule has 0 unspecified atom stereocenters. The molecule has 0 fully saturated rings. The number of nitrogen functional groups attached to an aromatic ring is 1. The minimum absolute atomic E-state index is 0.404. The van der Waals surface area contributed by atoms with Gasteiger partial charge in [0, 0.05) is 5.69 Å². The first-order chi connectivity index (χ1) is 9.29. The van der Waals surface area contributed by atoms with Crippen LogP contribution < -0.4 is 11.1 Å². The van der Waals surface area contributed by atoms with Gasteiger partial charge in [0.25, 0.3) is 0 Å². The predicted molar refractivity (Wildman–Crippen MR) is 75.1 cm³/mol. The van der Waals surface area contributed by atoms with Crippen LogP contribution in [0.15, 0.2) is 36.4 Å². The Bertz CT molecular complexity index is 613. The highest BCUT2D eigenvalue weighted by Gasteiger charge is 2.30. The summed E-state index contributed by atoms with van der Waals surface area (Å²) in [6.45, 7) is 3.60. The molecule has 0 aliphatic rings. The summed E-state index contributed by atoms with van der Waals surface area (Å²) in [4.78, 5) is 0. The number of para-hydroxylation sites is 1. The van der Waals surface area contributed by atoms with Gasteiger partial charge in [0.1, 0.15) is 0 Å². The number of halogens is 3. The van der Waals surface area contributed by atoms with Crippen molar-refractivity contribution in [3.63, 3.8) is 0 Å². The van der Waals surface area contributed by atoms with E-state index in [1.54, 1.807) is 19.1 Å². The molecule has 0 aliphatic heterocycles. The molecule has 0 saturated carbocycles. The summed E-state index contributed by atoms with van der Waals surface area (Å²) in [7, 11) is 0. The van der Waals surface area contributed by atoms with Crippen LogP contribution in [0.1, 0.15) is 16.7 Å². The Balaban J connectivity index is 2.43. The number of nitrogens with two attached hydrogens (primary N) is 1. The first kappa shape index (κ1) is 14.2. The summed E-state index contributed by atoms with van der Waals surface area (Å²) < 4.78 is 38.2. The molecule has 2 aromatic carbocycles. The molecular weight excluding hydrogens is 265 g/mol. The number of rotatable bonds is 2. The lowest BCUT2D eigenvalue weighted by molar-refractivity contribution is -0.137. The van der Waals surface area contributed by atoms with Crippen LogP contribution in [0.2, 0.25) is 0 Å². The van der Waals surface area contributed by atoms with Gasteiger partial charge >= 0.3 is 6.18 Å². The fourth-order valence-electron chi connectivity index (χ4n) is 1.93. The Morgan fingerprint density at radius 2 is 1.70 bits per heavy atom. The number of benzene rings is 2. The van der Waals surface area contributed by atoms with Crippen molar-refractivity contribution < 1.29 is 13.2 Å². The average molecular weight is 280 g/mol. The topological polar surface area (TPSA) is 38.0 Å². The second kappa shape index (κ2) is 5.07. The lowest BCUT2D eigenvalue weighted by Gasteiger charge is -2.16. The van der Waals surface area contributed by atoms with Gasteiger partial charge in [-0.05, 0) is 43.2 Å². The van der Waals surface area contributed by atoms with Gasteiger partial charge in [0.05, 0.1) is 16.9 Å². The molecule has 106 valence electrons. The minimum Gasteiger partial charge on any atom is -0.397 e. The van der Waals surface area contributed by atoms with Gasteiger partial charge < -0.3 is 11.1 Å². The molecule has 0 aliphatic carbocycles. The van der Waals surface area contributed by atoms with Crippen LogP contribution in [-0.4, -0.2) is 0 Å². The van der Waals surface area contributed by atoms with Crippen molar-refractivity contribution in [2.45, 2.75) is 20.0 Å². The molecular formula is C15H15F3N2. The normalized spacial score (nSPS) is 11.4. The summed E-state index contributed by atoms with van der Waals surface area (Å²) in [6.07, 6.45) is -4.36. The highest BCUT2D eigenvalue weighted by Crippen LogP contribution is 2.34. The molecule has 5 heteroatoms. The first-order valence-electron chi connectivity index (χ1n) is 6.09. The highest BCUT2D eigenvalue weighted by atomic mass is 19.4. The lowest BCUT2D eigenvalue weighted by atomic mass is 10.1. The number of alkyl halides is 3. The zero-order valence-corrected chi connectivity index (χ0v) is 11.2. The van der Waals surface area contributed by atoms with Gasteiger partial charge in [-0.1, -0.05) is 18.2 Å². The maximum Gasteiger partial charge on any atom is 0.416 e. The van der Waals surface area contributed by atoms with Crippen molar-refractivity contribution in [1.29, 1.82) is 0 Å². The molecule has 0 radical (unpaired) electrons. The molecule has 0 bridgehead atoms. The Hall–Kier alpha value is -2.17. The molecule has 0 amide bonds. The number of aryl methyl sites for hydroxylation is 2. The van der Waals surface area contributed by atoms with E-state index in [9.17, 15) is 13.2 Å². The fraction of sp³-hybridized carbons (Fsp3) is 0.200. The number of hydrogen-bond donors (Lipinski definition) is 2. The predicted octanol–water partition coefficient (Wildman–Crippen LogP) is 4.65. The van der Waals surface area contributed by atoms with E-state index in [0.29, 0.717) is 17.1 Å². The molecule has 0 spiro atoms. The van der Waals surface area contributed by atoms with Crippen LogP contribution in [0.5, 0.6) is 0 Å². The van der Waals surface area contributed by atoms with Gasteiger partial charge in [-0.25, -0.2) is 0 Å². The van der Waals surface area contributed by atoms with E-state index in [0.717, 1.165) is 23.3 Å². The third kappa shape index (κ3) is 2.87. The molecule has 2 aromatic rings. The van der Waals surface area contributed by atoms with Crippen molar-refractivity contribution in [2.24, 2.45) is 0 Å². The number of hydrogen-bond acceptors (Lipinski definition) is 2. The van der Waals surface area contributed by atoms with Gasteiger partial charge in [0.15, 0.2) is 0 Å². The smallest absolute Gasteiger partial charge is 0.397 e. The quantitative estimate of drug-likeness (QED) is 0.786. The summed E-state index contributed by atoms with van der Waals surface area (Å²) in [5.74, 6) is 0. The van der Waals surface area contributed by atoms with Crippen molar-refractivity contribution in [1.82, 2.24) is 0 Å². The molecule has 0 aromatic heterocycles. The van der Waals surface area contributed by atoms with E-state index in [2.05, 4.69) is 5.32 Å². The first-order valence-corrected chi connectivity index (χ1v) is 6.09. The number of nitrogens with one attached hydrogen (secondary N) is 1. The maximum absolute atomic E-state index is 12.7. The molecule has 20 heavy (non-hydrogen) atoms. The second-order valence-corrected chi connectivity index (χ2v) is 4.69. The van der Waals surface area contributed by atoms with Crippen LogP contribution in [0.4, 0.5) is 30.2 Å². The van der Waals surface area contributed by atoms with Gasteiger partial charge in [-0.3, -0.25) is 0 Å². The standard InChI is InChI=1S/C15H15F3N2/c1-9-6-7-11(15(16,17)18)8-13(9)20-14-10(2)4-3-5-12(14)19/h3-8,20H,19H2,1-2H3. The van der Waals surface area contributed by atoms with Crippen LogP contribution in [0, 0.1) is 13.8 Å². The van der Waals surface area contributed by atoms with Crippen LogP contribution in [-0.2, 0) is 6.18 Å². The summed E-state index contributed by atoms with van der Waals surface area (Å²) in [5, 5.41) is 3.00. The van der Waals surface area contributed by atoms with Crippen molar-refractivity contribution >= 4 is 17.1 Å². The van der Waals surface area contributed by atoms with Crippen molar-refractivity contribution in [2.75, 3.05) is 11.1 Å². The van der Waals surface area contributed by atoms with Gasteiger partial charge in [-0.15, -0.1) is 0 Å². The summed E-state index contributed by atoms with van der Waals surface area (Å²) in [5.41, 5.74) is 8.31. The zero-order chi connectivity index (χ0) is 14.9. The van der Waals surface area contributed by atoms with Crippen LogP contribution >= 0.6 is 0 Å². The molecule has 0 atom stereocenters. The molecule has 2 nitrogen and oxygen atoms in total. The fourth-order valence-corrected chi connectivity index (χ4v) is 1.93. The second-order valence-electron chi connectivity index (χ2n) is 4.69. The number of anilines is 3. The minimum atomic E-state index is -4.36. The lowest BCUT2D eigenvalue weighted by Crippen LogP contribution is -2.07. The molecule has 3 N–H and O–H groups in total. The molecule has 0 heterocycles. The van der Waals surface area contributed by atoms with Crippen molar-refractivity contribution in [3.05, 3.63) is 53.1 Å². The van der Waals surface area contributed by atoms with E-state index in [4.69, 9.17) is 5.73 Å². The summed E-state index contributed by atoms with van der Waals surface area (Å²) in [6, 6.07) is 8.97. The van der Waals surface area contributed by atoms with Gasteiger partial charge in [-0.2, -0.15) is 13.2 Å². The maximum atomic E-state index is 12.7. The largest absolute Gasteiger partial charge is 0.416 e. The Labute approximate surface area is 115 Å². The van der Waals surface area contributed by atoms with Crippen molar-refractivity contribution in [3.8, 4) is 0 Å². The van der Waals surface area contributed by atoms with E-state index in [-0.39, 0.29) is 0 Å². The molecule has 0 saturated heterocycles.